The van der Waals surface area contributed by atoms with Crippen molar-refractivity contribution in [1.82, 2.24) is 0 Å². The van der Waals surface area contributed by atoms with Crippen LogP contribution >= 0.6 is 0 Å². The van der Waals surface area contributed by atoms with Gasteiger partial charge in [-0.1, -0.05) is 24.3 Å². The van der Waals surface area contributed by atoms with Gasteiger partial charge in [-0.25, -0.2) is 0 Å². The van der Waals surface area contributed by atoms with Crippen LogP contribution in [0, 0.1) is 0 Å². The summed E-state index contributed by atoms with van der Waals surface area (Å²) in [5.74, 6) is 0.971. The van der Waals surface area contributed by atoms with E-state index in [4.69, 9.17) is 16.2 Å². The molecule has 4 aromatic carbocycles. The molecule has 7 nitrogen and oxygen atoms in total. The number of rotatable bonds is 6. The summed E-state index contributed by atoms with van der Waals surface area (Å²) < 4.78 is 6.40. The molecule has 4 rings (SSSR count). The van der Waals surface area contributed by atoms with Crippen molar-refractivity contribution in [3.63, 3.8) is 0 Å². The van der Waals surface area contributed by atoms with Gasteiger partial charge in [-0.2, -0.15) is 0 Å². The lowest BCUT2D eigenvalue weighted by Crippen LogP contribution is -2.05. The molecule has 4 aromatic rings. The van der Waals surface area contributed by atoms with Gasteiger partial charge in [-0.3, -0.25) is 9.59 Å². The Morgan fingerprint density at radius 3 is 1.31 bits per heavy atom. The number of anilines is 4. The van der Waals surface area contributed by atoms with Crippen LogP contribution in [-0.2, 0) is 9.59 Å². The molecule has 0 saturated carbocycles. The van der Waals surface area contributed by atoms with E-state index in [1.165, 1.54) is 13.8 Å². The molecule has 0 aliphatic rings. The average Bonchev–Trinajstić information content (AvgIpc) is 2.81. The Morgan fingerprint density at radius 2 is 0.971 bits per heavy atom. The number of hydrogen-bond donors (Lipinski definition) is 4. The third-order valence-electron chi connectivity index (χ3n) is 5.26. The first kappa shape index (κ1) is 23.4. The van der Waals surface area contributed by atoms with Crippen LogP contribution < -0.4 is 26.8 Å². The van der Waals surface area contributed by atoms with Gasteiger partial charge in [-0.05, 0) is 71.8 Å². The predicted molar refractivity (Wildman–Crippen MR) is 141 cm³/mol. The SMILES string of the molecule is CC(=O)Nc1ccc(-c2cc(N)ccc2Oc2ccc(N)cc2-c2ccc(NC(C)=O)cc2)cc1. The fourth-order valence-electron chi connectivity index (χ4n) is 3.72. The predicted octanol–water partition coefficient (Wildman–Crippen LogP) is 5.89. The zero-order chi connectivity index (χ0) is 24.9. The van der Waals surface area contributed by atoms with E-state index < -0.39 is 0 Å². The standard InChI is InChI=1S/C28H26N4O3/c1-17(33)31-23-9-3-19(4-10-23)25-15-21(29)7-13-27(25)35-28-14-8-22(30)16-26(28)20-5-11-24(12-6-20)32-18(2)34/h3-16H,29-30H2,1-2H3,(H,31,33)(H,32,34). The highest BCUT2D eigenvalue weighted by molar-refractivity contribution is 5.90. The summed E-state index contributed by atoms with van der Waals surface area (Å²) in [6.07, 6.45) is 0. The molecule has 0 aromatic heterocycles. The summed E-state index contributed by atoms with van der Waals surface area (Å²) in [6, 6.07) is 25.8. The number of carbonyl (C=O) groups excluding carboxylic acids is 2. The molecular formula is C28H26N4O3. The minimum atomic E-state index is -0.133. The Hall–Kier alpha value is -4.78. The number of hydrogen-bond acceptors (Lipinski definition) is 5. The first-order valence-corrected chi connectivity index (χ1v) is 11.0. The molecule has 0 radical (unpaired) electrons. The molecule has 7 heteroatoms. The largest absolute Gasteiger partial charge is 0.456 e. The zero-order valence-electron chi connectivity index (χ0n) is 19.5. The van der Waals surface area contributed by atoms with E-state index in [2.05, 4.69) is 10.6 Å². The summed E-state index contributed by atoms with van der Waals surface area (Å²) >= 11 is 0. The van der Waals surface area contributed by atoms with Crippen LogP contribution in [0.15, 0.2) is 84.9 Å². The maximum atomic E-state index is 11.3. The van der Waals surface area contributed by atoms with E-state index in [0.29, 0.717) is 34.2 Å². The quantitative estimate of drug-likeness (QED) is 0.264. The molecule has 0 bridgehead atoms. The topological polar surface area (TPSA) is 119 Å². The highest BCUT2D eigenvalue weighted by atomic mass is 16.5. The van der Waals surface area contributed by atoms with E-state index in [0.717, 1.165) is 22.3 Å². The second kappa shape index (κ2) is 10.0. The molecular weight excluding hydrogens is 440 g/mol. The lowest BCUT2D eigenvalue weighted by Gasteiger charge is -2.16. The Morgan fingerprint density at radius 1 is 0.600 bits per heavy atom. The van der Waals surface area contributed by atoms with Gasteiger partial charge in [0.2, 0.25) is 11.8 Å². The van der Waals surface area contributed by atoms with Crippen LogP contribution in [0.1, 0.15) is 13.8 Å². The van der Waals surface area contributed by atoms with Crippen LogP contribution in [-0.4, -0.2) is 11.8 Å². The first-order chi connectivity index (χ1) is 16.8. The van der Waals surface area contributed by atoms with Crippen LogP contribution in [0.5, 0.6) is 11.5 Å². The molecule has 0 aliphatic heterocycles. The smallest absolute Gasteiger partial charge is 0.221 e. The fourth-order valence-corrected chi connectivity index (χ4v) is 3.72. The highest BCUT2D eigenvalue weighted by Gasteiger charge is 2.13. The highest BCUT2D eigenvalue weighted by Crippen LogP contribution is 2.40. The molecule has 0 unspecified atom stereocenters. The first-order valence-electron chi connectivity index (χ1n) is 11.0. The maximum absolute atomic E-state index is 11.3. The molecule has 6 N–H and O–H groups in total. The second-order valence-corrected chi connectivity index (χ2v) is 8.13. The number of amides is 2. The molecule has 35 heavy (non-hydrogen) atoms. The molecule has 0 heterocycles. The Labute approximate surface area is 203 Å². The van der Waals surface area contributed by atoms with E-state index in [1.54, 1.807) is 12.1 Å². The molecule has 0 aliphatic carbocycles. The van der Waals surface area contributed by atoms with Crippen molar-refractivity contribution >= 4 is 34.6 Å². The van der Waals surface area contributed by atoms with Gasteiger partial charge in [0.25, 0.3) is 0 Å². The van der Waals surface area contributed by atoms with Gasteiger partial charge >= 0.3 is 0 Å². The van der Waals surface area contributed by atoms with Crippen LogP contribution in [0.4, 0.5) is 22.7 Å². The Kier molecular flexibility index (Phi) is 6.69. The second-order valence-electron chi connectivity index (χ2n) is 8.13. The summed E-state index contributed by atoms with van der Waals surface area (Å²) in [4.78, 5) is 22.7. The van der Waals surface area contributed by atoms with Crippen molar-refractivity contribution in [3.05, 3.63) is 84.9 Å². The Bertz CT molecular complexity index is 1270. The summed E-state index contributed by atoms with van der Waals surface area (Å²) in [5, 5.41) is 5.53. The van der Waals surface area contributed by atoms with Crippen molar-refractivity contribution in [3.8, 4) is 33.8 Å². The van der Waals surface area contributed by atoms with E-state index in [9.17, 15) is 9.59 Å². The van der Waals surface area contributed by atoms with Crippen molar-refractivity contribution in [2.24, 2.45) is 0 Å². The molecule has 0 spiro atoms. The third kappa shape index (κ3) is 5.78. The van der Waals surface area contributed by atoms with Gasteiger partial charge < -0.3 is 26.8 Å². The third-order valence-corrected chi connectivity index (χ3v) is 5.26. The molecule has 0 saturated heterocycles. The average molecular weight is 467 g/mol. The molecule has 2 amide bonds. The number of ether oxygens (including phenoxy) is 1. The van der Waals surface area contributed by atoms with Crippen LogP contribution in [0.25, 0.3) is 22.3 Å². The molecule has 0 fully saturated rings. The van der Waals surface area contributed by atoms with Crippen LogP contribution in [0.2, 0.25) is 0 Å². The van der Waals surface area contributed by atoms with Gasteiger partial charge in [0.05, 0.1) is 0 Å². The van der Waals surface area contributed by atoms with Gasteiger partial charge in [0.15, 0.2) is 0 Å². The summed E-state index contributed by atoms with van der Waals surface area (Å²) in [6.45, 7) is 2.94. The van der Waals surface area contributed by atoms with Gasteiger partial charge in [-0.15, -0.1) is 0 Å². The van der Waals surface area contributed by atoms with E-state index in [-0.39, 0.29) is 11.8 Å². The van der Waals surface area contributed by atoms with Crippen molar-refractivity contribution in [2.45, 2.75) is 13.8 Å². The van der Waals surface area contributed by atoms with Crippen molar-refractivity contribution in [2.75, 3.05) is 22.1 Å². The normalized spacial score (nSPS) is 10.5. The summed E-state index contributed by atoms with van der Waals surface area (Å²) in [5.41, 5.74) is 18.2. The molecule has 176 valence electrons. The minimum absolute atomic E-state index is 0.133. The van der Waals surface area contributed by atoms with Crippen molar-refractivity contribution < 1.29 is 14.3 Å². The minimum Gasteiger partial charge on any atom is -0.456 e. The number of carbonyl (C=O) groups is 2. The van der Waals surface area contributed by atoms with Gasteiger partial charge in [0.1, 0.15) is 11.5 Å². The number of nitrogens with two attached hydrogens (primary N) is 2. The number of nitrogen functional groups attached to an aromatic ring is 2. The van der Waals surface area contributed by atoms with Gasteiger partial charge in [0, 0.05) is 47.7 Å². The number of benzene rings is 4. The fraction of sp³-hybridized carbons (Fsp3) is 0.0714. The van der Waals surface area contributed by atoms with E-state index >= 15 is 0 Å². The summed E-state index contributed by atoms with van der Waals surface area (Å²) in [7, 11) is 0. The molecule has 0 atom stereocenters. The Balaban J connectivity index is 1.70. The number of nitrogens with one attached hydrogen (secondary N) is 2. The lowest BCUT2D eigenvalue weighted by molar-refractivity contribution is -0.115. The monoisotopic (exact) mass is 466 g/mol. The lowest BCUT2D eigenvalue weighted by atomic mass is 10.0. The van der Waals surface area contributed by atoms with E-state index in [1.807, 2.05) is 72.8 Å². The van der Waals surface area contributed by atoms with Crippen LogP contribution in [0.3, 0.4) is 0 Å². The zero-order valence-corrected chi connectivity index (χ0v) is 19.5. The maximum Gasteiger partial charge on any atom is 0.221 e. The van der Waals surface area contributed by atoms with Crippen molar-refractivity contribution in [1.29, 1.82) is 0 Å².